The Balaban J connectivity index is 2.43. The fourth-order valence-electron chi connectivity index (χ4n) is 1.80. The Hall–Kier alpha value is -0.540. The number of nitrogens with one attached hydrogen (secondary N) is 1. The van der Waals surface area contributed by atoms with Crippen molar-refractivity contribution in [1.82, 2.24) is 5.32 Å². The van der Waals surface area contributed by atoms with Crippen LogP contribution in [0, 0.1) is 12.8 Å². The number of halogens is 1. The Morgan fingerprint density at radius 3 is 2.53 bits per heavy atom. The van der Waals surface area contributed by atoms with E-state index >= 15 is 0 Å². The number of alkyl halides is 1. The fourth-order valence-corrected chi connectivity index (χ4v) is 3.02. The first-order valence-corrected chi connectivity index (χ1v) is 7.32. The molecule has 1 aromatic rings. The fraction of sp³-hybridized carbons (Fsp3) is 0.615. The predicted molar refractivity (Wildman–Crippen MR) is 75.1 cm³/mol. The average Bonchev–Trinajstić information content (AvgIpc) is 2.74. The van der Waals surface area contributed by atoms with Crippen LogP contribution in [0.25, 0.3) is 0 Å². The van der Waals surface area contributed by atoms with Crippen molar-refractivity contribution in [3.8, 4) is 0 Å². The molecule has 0 saturated carbocycles. The van der Waals surface area contributed by atoms with Gasteiger partial charge in [-0.25, -0.2) is 0 Å². The largest absolute Gasteiger partial charge is 0.350 e. The van der Waals surface area contributed by atoms with E-state index in [1.165, 1.54) is 11.3 Å². The minimum atomic E-state index is -0.0142. The summed E-state index contributed by atoms with van der Waals surface area (Å²) in [4.78, 5) is 13.7. The summed E-state index contributed by atoms with van der Waals surface area (Å²) >= 11 is 7.78. The summed E-state index contributed by atoms with van der Waals surface area (Å²) in [5.41, 5.74) is 0. The molecular weight excluding hydrogens is 254 g/mol. The molecule has 0 aliphatic carbocycles. The van der Waals surface area contributed by atoms with E-state index in [0.717, 1.165) is 22.6 Å². The van der Waals surface area contributed by atoms with Gasteiger partial charge in [0.15, 0.2) is 0 Å². The number of rotatable bonds is 6. The average molecular weight is 274 g/mol. The SMILES string of the molecule is CCC(CC)C(Cl)CNC(=O)c1ccc(C)s1. The van der Waals surface area contributed by atoms with Gasteiger partial charge >= 0.3 is 0 Å². The molecule has 0 radical (unpaired) electrons. The van der Waals surface area contributed by atoms with E-state index in [2.05, 4.69) is 19.2 Å². The molecule has 0 aliphatic heterocycles. The maximum Gasteiger partial charge on any atom is 0.261 e. The van der Waals surface area contributed by atoms with Gasteiger partial charge in [0.25, 0.3) is 5.91 Å². The molecule has 0 aromatic carbocycles. The van der Waals surface area contributed by atoms with Gasteiger partial charge in [0, 0.05) is 11.4 Å². The molecule has 0 bridgehead atoms. The van der Waals surface area contributed by atoms with Crippen LogP contribution in [0.1, 0.15) is 41.2 Å². The number of amides is 1. The standard InChI is InChI=1S/C13H20ClNOS/c1-4-10(5-2)11(14)8-15-13(16)12-7-6-9(3)17-12/h6-7,10-11H,4-5,8H2,1-3H3,(H,15,16). The van der Waals surface area contributed by atoms with Gasteiger partial charge in [-0.2, -0.15) is 0 Å². The second-order valence-corrected chi connectivity index (χ2v) is 6.06. The summed E-state index contributed by atoms with van der Waals surface area (Å²) in [5, 5.41) is 2.92. The van der Waals surface area contributed by atoms with Gasteiger partial charge in [-0.15, -0.1) is 22.9 Å². The van der Waals surface area contributed by atoms with Gasteiger partial charge in [0.05, 0.1) is 10.3 Å². The number of carbonyl (C=O) groups is 1. The highest BCUT2D eigenvalue weighted by molar-refractivity contribution is 7.13. The second-order valence-electron chi connectivity index (χ2n) is 4.21. The van der Waals surface area contributed by atoms with Gasteiger partial charge < -0.3 is 5.32 Å². The third-order valence-electron chi connectivity index (χ3n) is 2.98. The van der Waals surface area contributed by atoms with Crippen molar-refractivity contribution in [3.63, 3.8) is 0 Å². The number of thiophene rings is 1. The number of carbonyl (C=O) groups excluding carboxylic acids is 1. The molecule has 1 heterocycles. The molecule has 0 aliphatic rings. The Morgan fingerprint density at radius 2 is 2.06 bits per heavy atom. The second kappa shape index (κ2) is 7.02. The molecule has 1 atom stereocenters. The van der Waals surface area contributed by atoms with Crippen LogP contribution in [0.2, 0.25) is 0 Å². The lowest BCUT2D eigenvalue weighted by molar-refractivity contribution is 0.0955. The van der Waals surface area contributed by atoms with Crippen LogP contribution in [0.15, 0.2) is 12.1 Å². The molecule has 2 nitrogen and oxygen atoms in total. The highest BCUT2D eigenvalue weighted by Gasteiger charge is 2.17. The molecular formula is C13H20ClNOS. The summed E-state index contributed by atoms with van der Waals surface area (Å²) in [6.07, 6.45) is 2.11. The molecule has 1 amide bonds. The Bertz CT molecular complexity index is 360. The van der Waals surface area contributed by atoms with E-state index in [9.17, 15) is 4.79 Å². The first kappa shape index (κ1) is 14.5. The minimum Gasteiger partial charge on any atom is -0.350 e. The van der Waals surface area contributed by atoms with E-state index in [0.29, 0.717) is 12.5 Å². The quantitative estimate of drug-likeness (QED) is 0.784. The first-order chi connectivity index (χ1) is 8.08. The molecule has 1 rings (SSSR count). The summed E-state index contributed by atoms with van der Waals surface area (Å²) in [7, 11) is 0. The lowest BCUT2D eigenvalue weighted by Crippen LogP contribution is -2.32. The van der Waals surface area contributed by atoms with Crippen molar-refractivity contribution in [2.24, 2.45) is 5.92 Å². The molecule has 4 heteroatoms. The van der Waals surface area contributed by atoms with Gasteiger partial charge in [-0.1, -0.05) is 26.7 Å². The van der Waals surface area contributed by atoms with Crippen LogP contribution in [-0.2, 0) is 0 Å². The predicted octanol–water partition coefficient (Wildman–Crippen LogP) is 3.83. The van der Waals surface area contributed by atoms with E-state index in [1.807, 2.05) is 19.1 Å². The summed E-state index contributed by atoms with van der Waals surface area (Å²) in [6.45, 7) is 6.81. The van der Waals surface area contributed by atoms with Crippen molar-refractivity contribution in [3.05, 3.63) is 21.9 Å². The van der Waals surface area contributed by atoms with Gasteiger partial charge in [0.2, 0.25) is 0 Å². The third kappa shape index (κ3) is 4.32. The topological polar surface area (TPSA) is 29.1 Å². The molecule has 1 unspecified atom stereocenters. The van der Waals surface area contributed by atoms with Gasteiger partial charge in [-0.05, 0) is 25.0 Å². The maximum absolute atomic E-state index is 11.8. The maximum atomic E-state index is 11.8. The Labute approximate surface area is 112 Å². The summed E-state index contributed by atoms with van der Waals surface area (Å²) in [6, 6.07) is 3.81. The minimum absolute atomic E-state index is 0.0142. The van der Waals surface area contributed by atoms with Crippen LogP contribution < -0.4 is 5.32 Å². The van der Waals surface area contributed by atoms with E-state index in [1.54, 1.807) is 0 Å². The van der Waals surface area contributed by atoms with E-state index in [-0.39, 0.29) is 11.3 Å². The normalized spacial score (nSPS) is 12.8. The van der Waals surface area contributed by atoms with E-state index in [4.69, 9.17) is 11.6 Å². The zero-order valence-corrected chi connectivity index (χ0v) is 12.2. The van der Waals surface area contributed by atoms with E-state index < -0.39 is 0 Å². The highest BCUT2D eigenvalue weighted by atomic mass is 35.5. The number of hydrogen-bond acceptors (Lipinski definition) is 2. The van der Waals surface area contributed by atoms with Crippen LogP contribution in [-0.4, -0.2) is 17.8 Å². The van der Waals surface area contributed by atoms with Gasteiger partial charge in [0.1, 0.15) is 0 Å². The summed E-state index contributed by atoms with van der Waals surface area (Å²) < 4.78 is 0. The molecule has 0 spiro atoms. The smallest absolute Gasteiger partial charge is 0.261 e. The third-order valence-corrected chi connectivity index (χ3v) is 4.49. The van der Waals surface area contributed by atoms with Gasteiger partial charge in [-0.3, -0.25) is 4.79 Å². The molecule has 0 fully saturated rings. The Morgan fingerprint density at radius 1 is 1.41 bits per heavy atom. The van der Waals surface area contributed by atoms with Crippen molar-refractivity contribution in [1.29, 1.82) is 0 Å². The van der Waals surface area contributed by atoms with Crippen molar-refractivity contribution >= 4 is 28.8 Å². The lowest BCUT2D eigenvalue weighted by atomic mass is 9.99. The van der Waals surface area contributed by atoms with Crippen LogP contribution >= 0.6 is 22.9 Å². The van der Waals surface area contributed by atoms with Crippen molar-refractivity contribution in [2.75, 3.05) is 6.54 Å². The zero-order valence-electron chi connectivity index (χ0n) is 10.6. The molecule has 17 heavy (non-hydrogen) atoms. The van der Waals surface area contributed by atoms with Crippen LogP contribution in [0.4, 0.5) is 0 Å². The zero-order chi connectivity index (χ0) is 12.8. The van der Waals surface area contributed by atoms with Crippen molar-refractivity contribution < 1.29 is 4.79 Å². The Kier molecular flexibility index (Phi) is 6.00. The first-order valence-electron chi connectivity index (χ1n) is 6.07. The van der Waals surface area contributed by atoms with Crippen molar-refractivity contribution in [2.45, 2.75) is 39.0 Å². The molecule has 1 N–H and O–H groups in total. The lowest BCUT2D eigenvalue weighted by Gasteiger charge is -2.19. The molecule has 96 valence electrons. The van der Waals surface area contributed by atoms with Crippen LogP contribution in [0.3, 0.4) is 0 Å². The molecule has 1 aromatic heterocycles. The number of aryl methyl sites for hydroxylation is 1. The monoisotopic (exact) mass is 273 g/mol. The van der Waals surface area contributed by atoms with Crippen LogP contribution in [0.5, 0.6) is 0 Å². The number of hydrogen-bond donors (Lipinski definition) is 1. The molecule has 0 saturated heterocycles. The highest BCUT2D eigenvalue weighted by Crippen LogP contribution is 2.18. The summed E-state index contributed by atoms with van der Waals surface area (Å²) in [5.74, 6) is 0.460.